The van der Waals surface area contributed by atoms with Gasteiger partial charge in [0, 0.05) is 5.56 Å². The maximum absolute atomic E-state index is 5.33. The molecule has 0 spiro atoms. The summed E-state index contributed by atoms with van der Waals surface area (Å²) in [7, 11) is 0. The number of furan rings is 1. The van der Waals surface area contributed by atoms with E-state index >= 15 is 0 Å². The number of benzene rings is 2. The van der Waals surface area contributed by atoms with E-state index in [-0.39, 0.29) is 0 Å². The van der Waals surface area contributed by atoms with Gasteiger partial charge in [-0.2, -0.15) is 0 Å². The van der Waals surface area contributed by atoms with Gasteiger partial charge in [-0.3, -0.25) is 0 Å². The predicted molar refractivity (Wildman–Crippen MR) is 66.4 cm³/mol. The summed E-state index contributed by atoms with van der Waals surface area (Å²) in [5, 5.41) is 2.53. The fourth-order valence-electron chi connectivity index (χ4n) is 1.96. The molecule has 0 aliphatic heterocycles. The van der Waals surface area contributed by atoms with Crippen molar-refractivity contribution in [2.24, 2.45) is 0 Å². The Kier molecular flexibility index (Phi) is 2.03. The molecule has 78 valence electrons. The number of fused-ring (bicyclic) bond motifs is 1. The third kappa shape index (κ3) is 1.50. The predicted octanol–water partition coefficient (Wildman–Crippen LogP) is 4.41. The Morgan fingerprint density at radius 3 is 2.38 bits per heavy atom. The molecule has 0 amide bonds. The molecule has 0 unspecified atom stereocenters. The smallest absolute Gasteiger partial charge is 0.101 e. The molecule has 0 bridgehead atoms. The summed E-state index contributed by atoms with van der Waals surface area (Å²) < 4.78 is 5.33. The van der Waals surface area contributed by atoms with Crippen molar-refractivity contribution in [1.82, 2.24) is 0 Å². The molecule has 1 heterocycles. The zero-order valence-corrected chi connectivity index (χ0v) is 9.10. The third-order valence-electron chi connectivity index (χ3n) is 2.81. The van der Waals surface area contributed by atoms with Crippen LogP contribution in [0.15, 0.2) is 59.2 Å². The fraction of sp³-hybridized carbons (Fsp3) is 0.0667. The van der Waals surface area contributed by atoms with Crippen molar-refractivity contribution in [2.45, 2.75) is 6.92 Å². The molecule has 0 fully saturated rings. The Labute approximate surface area is 94.3 Å². The molecule has 16 heavy (non-hydrogen) atoms. The van der Waals surface area contributed by atoms with Crippen molar-refractivity contribution in [1.29, 1.82) is 0 Å². The van der Waals surface area contributed by atoms with Gasteiger partial charge in [-0.25, -0.2) is 0 Å². The minimum atomic E-state index is 0.947. The molecule has 0 atom stereocenters. The summed E-state index contributed by atoms with van der Waals surface area (Å²) >= 11 is 0. The van der Waals surface area contributed by atoms with Crippen LogP contribution in [0.1, 0.15) is 5.76 Å². The fourth-order valence-corrected chi connectivity index (χ4v) is 1.96. The van der Waals surface area contributed by atoms with Gasteiger partial charge in [0.05, 0.1) is 6.26 Å². The normalized spacial score (nSPS) is 10.8. The first-order valence-corrected chi connectivity index (χ1v) is 5.37. The van der Waals surface area contributed by atoms with E-state index < -0.39 is 0 Å². The second-order valence-corrected chi connectivity index (χ2v) is 4.01. The highest BCUT2D eigenvalue weighted by molar-refractivity contribution is 5.87. The van der Waals surface area contributed by atoms with Gasteiger partial charge >= 0.3 is 0 Å². The first kappa shape index (κ1) is 9.22. The molecule has 0 aliphatic carbocycles. The lowest BCUT2D eigenvalue weighted by atomic mass is 10.0. The van der Waals surface area contributed by atoms with E-state index in [9.17, 15) is 0 Å². The van der Waals surface area contributed by atoms with Gasteiger partial charge < -0.3 is 4.42 Å². The topological polar surface area (TPSA) is 13.1 Å². The number of rotatable bonds is 1. The first-order chi connectivity index (χ1) is 7.83. The molecule has 0 saturated carbocycles. The lowest BCUT2D eigenvalue weighted by molar-refractivity contribution is 0.535. The molecule has 2 aromatic carbocycles. The monoisotopic (exact) mass is 208 g/mol. The van der Waals surface area contributed by atoms with Crippen molar-refractivity contribution in [2.75, 3.05) is 0 Å². The maximum Gasteiger partial charge on any atom is 0.101 e. The summed E-state index contributed by atoms with van der Waals surface area (Å²) in [6.07, 6.45) is 1.80. The van der Waals surface area contributed by atoms with Crippen LogP contribution in [0.25, 0.3) is 21.9 Å². The maximum atomic E-state index is 5.33. The van der Waals surface area contributed by atoms with Gasteiger partial charge in [0.2, 0.25) is 0 Å². The van der Waals surface area contributed by atoms with Gasteiger partial charge in [-0.15, -0.1) is 0 Å². The molecular formula is C15H12O. The highest BCUT2D eigenvalue weighted by Gasteiger charge is 2.02. The van der Waals surface area contributed by atoms with Crippen molar-refractivity contribution in [3.63, 3.8) is 0 Å². The summed E-state index contributed by atoms with van der Waals surface area (Å²) in [5.41, 5.74) is 2.35. The number of hydrogen-bond donors (Lipinski definition) is 0. The molecule has 3 aromatic rings. The molecule has 0 N–H and O–H groups in total. The Morgan fingerprint density at radius 1 is 0.812 bits per heavy atom. The second kappa shape index (κ2) is 3.53. The van der Waals surface area contributed by atoms with Crippen LogP contribution < -0.4 is 0 Å². The third-order valence-corrected chi connectivity index (χ3v) is 2.81. The van der Waals surface area contributed by atoms with E-state index in [0.29, 0.717) is 0 Å². The molecule has 1 nitrogen and oxygen atoms in total. The van der Waals surface area contributed by atoms with E-state index in [1.807, 2.05) is 6.92 Å². The quantitative estimate of drug-likeness (QED) is 0.577. The van der Waals surface area contributed by atoms with Crippen molar-refractivity contribution in [3.8, 4) is 11.1 Å². The largest absolute Gasteiger partial charge is 0.469 e. The molecule has 1 heteroatoms. The van der Waals surface area contributed by atoms with Crippen LogP contribution in [0.4, 0.5) is 0 Å². The Bertz CT molecular complexity index is 634. The van der Waals surface area contributed by atoms with Crippen molar-refractivity contribution >= 4 is 10.8 Å². The summed E-state index contributed by atoms with van der Waals surface area (Å²) in [6, 6.07) is 16.9. The summed E-state index contributed by atoms with van der Waals surface area (Å²) in [6.45, 7) is 1.96. The van der Waals surface area contributed by atoms with Gasteiger partial charge in [0.25, 0.3) is 0 Å². The van der Waals surface area contributed by atoms with Crippen LogP contribution in [0.5, 0.6) is 0 Å². The van der Waals surface area contributed by atoms with Gasteiger partial charge in [-0.05, 0) is 35.4 Å². The van der Waals surface area contributed by atoms with Gasteiger partial charge in [0.1, 0.15) is 5.76 Å². The molecule has 0 saturated heterocycles. The molecule has 3 rings (SSSR count). The minimum absolute atomic E-state index is 0.947. The highest BCUT2D eigenvalue weighted by Crippen LogP contribution is 2.25. The zero-order valence-electron chi connectivity index (χ0n) is 9.10. The average molecular weight is 208 g/mol. The van der Waals surface area contributed by atoms with Crippen LogP contribution in [0.3, 0.4) is 0 Å². The lowest BCUT2D eigenvalue weighted by Crippen LogP contribution is -1.75. The number of aryl methyl sites for hydroxylation is 1. The summed E-state index contributed by atoms with van der Waals surface area (Å²) in [4.78, 5) is 0. The average Bonchev–Trinajstić information content (AvgIpc) is 2.75. The van der Waals surface area contributed by atoms with E-state index in [4.69, 9.17) is 4.42 Å². The SMILES string of the molecule is Cc1cc(-c2ccc3ccccc3c2)co1. The zero-order chi connectivity index (χ0) is 11.0. The van der Waals surface area contributed by atoms with Gasteiger partial charge in [-0.1, -0.05) is 36.4 Å². The molecule has 1 aromatic heterocycles. The van der Waals surface area contributed by atoms with E-state index in [2.05, 4.69) is 48.5 Å². The first-order valence-electron chi connectivity index (χ1n) is 5.37. The van der Waals surface area contributed by atoms with Crippen molar-refractivity contribution < 1.29 is 4.42 Å². The molecule has 0 radical (unpaired) electrons. The van der Waals surface area contributed by atoms with E-state index in [1.165, 1.54) is 16.3 Å². The highest BCUT2D eigenvalue weighted by atomic mass is 16.3. The van der Waals surface area contributed by atoms with Crippen LogP contribution >= 0.6 is 0 Å². The Balaban J connectivity index is 2.18. The van der Waals surface area contributed by atoms with Crippen LogP contribution in [0, 0.1) is 6.92 Å². The van der Waals surface area contributed by atoms with Crippen LogP contribution in [0.2, 0.25) is 0 Å². The lowest BCUT2D eigenvalue weighted by Gasteiger charge is -2.00. The van der Waals surface area contributed by atoms with Crippen LogP contribution in [-0.2, 0) is 0 Å². The molecular weight excluding hydrogens is 196 g/mol. The second-order valence-electron chi connectivity index (χ2n) is 4.01. The minimum Gasteiger partial charge on any atom is -0.469 e. The summed E-state index contributed by atoms with van der Waals surface area (Å²) in [5.74, 6) is 0.947. The molecule has 0 aliphatic rings. The van der Waals surface area contributed by atoms with Crippen LogP contribution in [-0.4, -0.2) is 0 Å². The van der Waals surface area contributed by atoms with E-state index in [0.717, 1.165) is 11.3 Å². The van der Waals surface area contributed by atoms with Gasteiger partial charge in [0.15, 0.2) is 0 Å². The Hall–Kier alpha value is -2.02. The van der Waals surface area contributed by atoms with E-state index in [1.54, 1.807) is 6.26 Å². The number of hydrogen-bond acceptors (Lipinski definition) is 1. The standard InChI is InChI=1S/C15H12O/c1-11-8-15(10-16-11)14-7-6-12-4-2-3-5-13(12)9-14/h2-10H,1H3. The van der Waals surface area contributed by atoms with Crippen molar-refractivity contribution in [3.05, 3.63) is 60.6 Å². The Morgan fingerprint density at radius 2 is 1.62 bits per heavy atom.